The number of unbranched alkanes of at least 4 members (excludes halogenated alkanes) is 14. The monoisotopic (exact) mass is 1050 g/mol. The highest BCUT2D eigenvalue weighted by Crippen LogP contribution is 2.33. The predicted octanol–water partition coefficient (Wildman–Crippen LogP) is 17.3. The van der Waals surface area contributed by atoms with Gasteiger partial charge in [0.25, 0.3) is 0 Å². The second-order valence-electron chi connectivity index (χ2n) is 19.8. The Morgan fingerprint density at radius 1 is 0.308 bits per heavy atom. The second kappa shape index (κ2) is 30.7. The lowest BCUT2D eigenvalue weighted by atomic mass is 10.0. The molecule has 0 radical (unpaired) electrons. The summed E-state index contributed by atoms with van der Waals surface area (Å²) in [5, 5.41) is 0. The van der Waals surface area contributed by atoms with Gasteiger partial charge in [-0.1, -0.05) is 183 Å². The van der Waals surface area contributed by atoms with Crippen molar-refractivity contribution in [1.29, 1.82) is 0 Å². The summed E-state index contributed by atoms with van der Waals surface area (Å²) in [4.78, 5) is 53.4. The van der Waals surface area contributed by atoms with E-state index in [0.717, 1.165) is 35.1 Å². The van der Waals surface area contributed by atoms with E-state index in [4.69, 9.17) is 28.4 Å². The molecule has 78 heavy (non-hydrogen) atoms. The van der Waals surface area contributed by atoms with Crippen molar-refractivity contribution >= 4 is 23.9 Å². The average molecular weight is 1050 g/mol. The van der Waals surface area contributed by atoms with E-state index in [0.29, 0.717) is 11.5 Å². The van der Waals surface area contributed by atoms with Crippen molar-refractivity contribution in [2.24, 2.45) is 0 Å². The molecule has 0 aromatic heterocycles. The molecule has 0 aliphatic carbocycles. The fourth-order valence-electron chi connectivity index (χ4n) is 9.27. The van der Waals surface area contributed by atoms with Crippen molar-refractivity contribution in [3.05, 3.63) is 191 Å². The van der Waals surface area contributed by atoms with Gasteiger partial charge in [0.1, 0.15) is 11.5 Å². The first-order valence-electron chi connectivity index (χ1n) is 27.9. The summed E-state index contributed by atoms with van der Waals surface area (Å²) in [6.07, 6.45) is 23.0. The van der Waals surface area contributed by atoms with Crippen LogP contribution in [0.5, 0.6) is 34.5 Å². The number of aryl methyl sites for hydroxylation is 2. The molecule has 10 heteroatoms. The minimum absolute atomic E-state index is 0.0467. The molecule has 0 atom stereocenters. The lowest BCUT2D eigenvalue weighted by Gasteiger charge is -2.12. The van der Waals surface area contributed by atoms with Crippen LogP contribution in [0.25, 0.3) is 22.3 Å². The van der Waals surface area contributed by atoms with Crippen molar-refractivity contribution in [2.45, 2.75) is 129 Å². The Labute approximate surface area is 461 Å². The standard InChI is InChI=1S/C68H74O10/c1-5-7-9-11-13-15-17-19-22-49-26-30-51(31-27-49)53-34-40-59(41-35-53)75-65(69)57-38-44-61(63(47-57)73-3)77-67(71)55-24-21-25-56(46-55)68(72)78-62-45-39-58(48-64(62)74-4)66(70)76-60-42-36-54(37-43-60)52-32-28-50(29-33-52)23-20-18-16-14-12-10-8-6-2/h21,24-48H,5-20,22-23H2,1-4H3. The van der Waals surface area contributed by atoms with Crippen LogP contribution in [0.4, 0.5) is 0 Å². The van der Waals surface area contributed by atoms with E-state index < -0.39 is 23.9 Å². The molecule has 0 bridgehead atoms. The van der Waals surface area contributed by atoms with Crippen LogP contribution in [0.1, 0.15) is 169 Å². The Bertz CT molecular complexity index is 2810. The Morgan fingerprint density at radius 2 is 0.615 bits per heavy atom. The van der Waals surface area contributed by atoms with Gasteiger partial charge in [0, 0.05) is 0 Å². The summed E-state index contributed by atoms with van der Waals surface area (Å²) in [5.41, 5.74) is 7.30. The Kier molecular flexibility index (Phi) is 22.7. The minimum Gasteiger partial charge on any atom is -0.493 e. The molecule has 406 valence electrons. The smallest absolute Gasteiger partial charge is 0.343 e. The van der Waals surface area contributed by atoms with Crippen molar-refractivity contribution < 1.29 is 47.6 Å². The molecule has 0 saturated heterocycles. The first-order chi connectivity index (χ1) is 38.1. The van der Waals surface area contributed by atoms with Gasteiger partial charge in [0.2, 0.25) is 0 Å². The number of esters is 4. The molecule has 10 nitrogen and oxygen atoms in total. The Balaban J connectivity index is 0.870. The van der Waals surface area contributed by atoms with Gasteiger partial charge in [-0.3, -0.25) is 0 Å². The van der Waals surface area contributed by atoms with Crippen LogP contribution in [0.3, 0.4) is 0 Å². The van der Waals surface area contributed by atoms with Crippen LogP contribution < -0.4 is 28.4 Å². The van der Waals surface area contributed by atoms with Gasteiger partial charge in [-0.2, -0.15) is 0 Å². The third-order valence-corrected chi connectivity index (χ3v) is 13.9. The highest BCUT2D eigenvalue weighted by molar-refractivity contribution is 5.98. The highest BCUT2D eigenvalue weighted by atomic mass is 16.6. The number of carbonyl (C=O) groups excluding carboxylic acids is 4. The summed E-state index contributed by atoms with van der Waals surface area (Å²) in [5.74, 6) is -1.74. The maximum Gasteiger partial charge on any atom is 0.343 e. The van der Waals surface area contributed by atoms with Crippen molar-refractivity contribution in [3.8, 4) is 56.8 Å². The van der Waals surface area contributed by atoms with E-state index in [1.54, 1.807) is 24.3 Å². The van der Waals surface area contributed by atoms with Crippen LogP contribution in [-0.2, 0) is 12.8 Å². The van der Waals surface area contributed by atoms with Gasteiger partial charge in [-0.05, 0) is 138 Å². The molecule has 0 spiro atoms. The zero-order valence-electron chi connectivity index (χ0n) is 45.8. The Hall–Kier alpha value is -7.98. The molecular weight excluding hydrogens is 977 g/mol. The van der Waals surface area contributed by atoms with Gasteiger partial charge in [-0.25, -0.2) is 19.2 Å². The maximum absolute atomic E-state index is 13.4. The van der Waals surface area contributed by atoms with E-state index in [1.165, 1.54) is 189 Å². The lowest BCUT2D eigenvalue weighted by Crippen LogP contribution is -2.14. The van der Waals surface area contributed by atoms with E-state index in [9.17, 15) is 19.2 Å². The zero-order chi connectivity index (χ0) is 54.9. The third kappa shape index (κ3) is 17.5. The largest absolute Gasteiger partial charge is 0.493 e. The maximum atomic E-state index is 13.4. The number of benzene rings is 7. The minimum atomic E-state index is -0.787. The number of rotatable bonds is 30. The average Bonchev–Trinajstić information content (AvgIpc) is 3.48. The molecule has 0 aliphatic heterocycles. The molecule has 0 N–H and O–H groups in total. The van der Waals surface area contributed by atoms with Crippen molar-refractivity contribution in [3.63, 3.8) is 0 Å². The summed E-state index contributed by atoms with van der Waals surface area (Å²) in [6, 6.07) is 46.4. The number of hydrogen-bond acceptors (Lipinski definition) is 10. The molecule has 0 heterocycles. The second-order valence-corrected chi connectivity index (χ2v) is 19.8. The Morgan fingerprint density at radius 3 is 0.962 bits per heavy atom. The first kappa shape index (κ1) is 57.7. The van der Waals surface area contributed by atoms with E-state index in [2.05, 4.69) is 62.4 Å². The highest BCUT2D eigenvalue weighted by Gasteiger charge is 2.21. The van der Waals surface area contributed by atoms with E-state index in [-0.39, 0.29) is 45.3 Å². The van der Waals surface area contributed by atoms with E-state index >= 15 is 0 Å². The molecule has 0 saturated carbocycles. The number of hydrogen-bond donors (Lipinski definition) is 0. The molecule has 0 unspecified atom stereocenters. The van der Waals surface area contributed by atoms with Crippen molar-refractivity contribution in [1.82, 2.24) is 0 Å². The topological polar surface area (TPSA) is 124 Å². The predicted molar refractivity (Wildman–Crippen MR) is 309 cm³/mol. The van der Waals surface area contributed by atoms with Crippen LogP contribution >= 0.6 is 0 Å². The quantitative estimate of drug-likeness (QED) is 0.0244. The molecule has 0 aliphatic rings. The summed E-state index contributed by atoms with van der Waals surface area (Å²) in [7, 11) is 2.78. The van der Waals surface area contributed by atoms with Gasteiger partial charge in [0.05, 0.1) is 36.5 Å². The molecule has 0 amide bonds. The van der Waals surface area contributed by atoms with Gasteiger partial charge in [-0.15, -0.1) is 0 Å². The van der Waals surface area contributed by atoms with Crippen LogP contribution in [0, 0.1) is 0 Å². The SMILES string of the molecule is CCCCCCCCCCc1ccc(-c2ccc(OC(=O)c3ccc(OC(=O)c4cccc(C(=O)Oc5ccc(C(=O)Oc6ccc(-c7ccc(CCCCCCCCCC)cc7)cc6)cc5OC)c4)c(OC)c3)cc2)cc1. The molecule has 0 fully saturated rings. The third-order valence-electron chi connectivity index (χ3n) is 13.9. The molecule has 7 aromatic carbocycles. The first-order valence-corrected chi connectivity index (χ1v) is 27.9. The fraction of sp³-hybridized carbons (Fsp3) is 0.324. The number of carbonyl (C=O) groups is 4. The summed E-state index contributed by atoms with van der Waals surface area (Å²) < 4.78 is 33.7. The van der Waals surface area contributed by atoms with Gasteiger partial charge < -0.3 is 28.4 Å². The fourth-order valence-corrected chi connectivity index (χ4v) is 9.27. The van der Waals surface area contributed by atoms with Crippen LogP contribution in [0.2, 0.25) is 0 Å². The number of methoxy groups -OCH3 is 2. The van der Waals surface area contributed by atoms with Crippen LogP contribution in [0.15, 0.2) is 158 Å². The van der Waals surface area contributed by atoms with Crippen LogP contribution in [-0.4, -0.2) is 38.1 Å². The molecule has 7 aromatic rings. The molecule has 7 rings (SSSR count). The van der Waals surface area contributed by atoms with Crippen molar-refractivity contribution in [2.75, 3.05) is 14.2 Å². The molecular formula is C68H74O10. The summed E-state index contributed by atoms with van der Waals surface area (Å²) >= 11 is 0. The number of ether oxygens (including phenoxy) is 6. The van der Waals surface area contributed by atoms with E-state index in [1.807, 2.05) is 24.3 Å². The van der Waals surface area contributed by atoms with Gasteiger partial charge >= 0.3 is 23.9 Å². The van der Waals surface area contributed by atoms with Gasteiger partial charge in [0.15, 0.2) is 23.0 Å². The summed E-state index contributed by atoms with van der Waals surface area (Å²) in [6.45, 7) is 4.50. The lowest BCUT2D eigenvalue weighted by molar-refractivity contribution is 0.0720. The zero-order valence-corrected chi connectivity index (χ0v) is 45.8. The normalized spacial score (nSPS) is 10.9.